The van der Waals surface area contributed by atoms with Gasteiger partial charge in [0.25, 0.3) is 0 Å². The molecule has 0 radical (unpaired) electrons. The first-order valence-corrected chi connectivity index (χ1v) is 10.8. The fourth-order valence-electron chi connectivity index (χ4n) is 2.31. The molecule has 0 saturated carbocycles. The summed E-state index contributed by atoms with van der Waals surface area (Å²) in [5.41, 5.74) is 0.134. The van der Waals surface area contributed by atoms with Crippen molar-refractivity contribution in [3.05, 3.63) is 24.3 Å². The average Bonchev–Trinajstić information content (AvgIpc) is 2.55. The highest BCUT2D eigenvalue weighted by atomic mass is 127. The summed E-state index contributed by atoms with van der Waals surface area (Å²) in [5.74, 6) is 1.32. The lowest BCUT2D eigenvalue weighted by molar-refractivity contribution is 0.172. The van der Waals surface area contributed by atoms with Crippen LogP contribution in [0.15, 0.2) is 29.3 Å². The molecule has 1 aromatic rings. The van der Waals surface area contributed by atoms with Gasteiger partial charge in [-0.1, -0.05) is 6.07 Å². The van der Waals surface area contributed by atoms with Crippen molar-refractivity contribution < 1.29 is 17.9 Å². The third-order valence-corrected chi connectivity index (χ3v) is 4.22. The third kappa shape index (κ3) is 12.4. The summed E-state index contributed by atoms with van der Waals surface area (Å²) >= 11 is 0. The standard InChI is InChI=1S/C18H32N4O4S.HI/c1-6-19-17(20-14-18(2,3)22-27(5,23)24)21-15-9-7-10-16(13-15)26-12-8-11-25-4;/h7,9-10,13,22H,6,8,11-12,14H2,1-5H3,(H2,19,20,21);1H. The highest BCUT2D eigenvalue weighted by molar-refractivity contribution is 14.0. The molecule has 1 aromatic carbocycles. The van der Waals surface area contributed by atoms with Gasteiger partial charge < -0.3 is 20.1 Å². The smallest absolute Gasteiger partial charge is 0.209 e. The first-order chi connectivity index (χ1) is 12.6. The van der Waals surface area contributed by atoms with Crippen LogP contribution in [0.25, 0.3) is 0 Å². The van der Waals surface area contributed by atoms with Crippen LogP contribution in [0, 0.1) is 0 Å². The number of hydrogen-bond acceptors (Lipinski definition) is 5. The number of anilines is 1. The zero-order valence-electron chi connectivity index (χ0n) is 17.2. The maximum absolute atomic E-state index is 11.5. The topological polar surface area (TPSA) is 101 Å². The van der Waals surface area contributed by atoms with E-state index >= 15 is 0 Å². The molecular formula is C18H33IN4O4S. The number of ether oxygens (including phenoxy) is 2. The number of halogens is 1. The number of nitrogens with zero attached hydrogens (tertiary/aromatic N) is 1. The number of aliphatic imine (C=N–C) groups is 1. The van der Waals surface area contributed by atoms with Gasteiger partial charge >= 0.3 is 0 Å². The number of methoxy groups -OCH3 is 1. The summed E-state index contributed by atoms with van der Waals surface area (Å²) in [4.78, 5) is 4.49. The van der Waals surface area contributed by atoms with Crippen LogP contribution in [0.5, 0.6) is 5.75 Å². The molecular weight excluding hydrogens is 495 g/mol. The van der Waals surface area contributed by atoms with E-state index in [-0.39, 0.29) is 30.5 Å². The maximum atomic E-state index is 11.5. The minimum Gasteiger partial charge on any atom is -0.493 e. The largest absolute Gasteiger partial charge is 0.493 e. The number of rotatable bonds is 11. The Balaban J connectivity index is 0.00000729. The zero-order valence-corrected chi connectivity index (χ0v) is 20.4. The minimum atomic E-state index is -3.31. The Morgan fingerprint density at radius 1 is 1.25 bits per heavy atom. The fourth-order valence-corrected chi connectivity index (χ4v) is 3.38. The highest BCUT2D eigenvalue weighted by Gasteiger charge is 2.21. The number of sulfonamides is 1. The van der Waals surface area contributed by atoms with Gasteiger partial charge in [0.1, 0.15) is 5.75 Å². The Bertz CT molecular complexity index is 711. The van der Waals surface area contributed by atoms with E-state index < -0.39 is 15.6 Å². The molecule has 0 aliphatic rings. The van der Waals surface area contributed by atoms with Crippen LogP contribution < -0.4 is 20.1 Å². The predicted molar refractivity (Wildman–Crippen MR) is 126 cm³/mol. The third-order valence-electron chi connectivity index (χ3n) is 3.30. The molecule has 1 rings (SSSR count). The molecule has 0 atom stereocenters. The van der Waals surface area contributed by atoms with E-state index in [1.807, 2.05) is 31.2 Å². The second-order valence-electron chi connectivity index (χ2n) is 6.80. The number of benzene rings is 1. The van der Waals surface area contributed by atoms with Gasteiger partial charge in [0.2, 0.25) is 10.0 Å². The second-order valence-corrected chi connectivity index (χ2v) is 8.55. The van der Waals surface area contributed by atoms with Crippen molar-refractivity contribution in [1.29, 1.82) is 0 Å². The minimum absolute atomic E-state index is 0. The first-order valence-electron chi connectivity index (χ1n) is 8.91. The predicted octanol–water partition coefficient (Wildman–Crippen LogP) is 2.43. The molecule has 0 heterocycles. The van der Waals surface area contributed by atoms with Gasteiger partial charge in [-0.15, -0.1) is 24.0 Å². The number of guanidine groups is 1. The summed E-state index contributed by atoms with van der Waals surface area (Å²) in [6.45, 7) is 7.74. The molecule has 8 nitrogen and oxygen atoms in total. The molecule has 28 heavy (non-hydrogen) atoms. The summed E-state index contributed by atoms with van der Waals surface area (Å²) < 4.78 is 36.2. The second kappa shape index (κ2) is 13.2. The van der Waals surface area contributed by atoms with Crippen molar-refractivity contribution in [2.24, 2.45) is 4.99 Å². The van der Waals surface area contributed by atoms with Gasteiger partial charge in [-0.3, -0.25) is 4.99 Å². The molecule has 162 valence electrons. The molecule has 3 N–H and O–H groups in total. The van der Waals surface area contributed by atoms with E-state index in [0.717, 1.165) is 24.1 Å². The van der Waals surface area contributed by atoms with Crippen LogP contribution in [-0.2, 0) is 14.8 Å². The average molecular weight is 528 g/mol. The van der Waals surface area contributed by atoms with Crippen LogP contribution in [0.4, 0.5) is 5.69 Å². The molecule has 0 aliphatic carbocycles. The van der Waals surface area contributed by atoms with Crippen molar-refractivity contribution in [2.45, 2.75) is 32.7 Å². The lowest BCUT2D eigenvalue weighted by atomic mass is 10.1. The normalized spacial score (nSPS) is 12.2. The van der Waals surface area contributed by atoms with E-state index in [4.69, 9.17) is 9.47 Å². The summed E-state index contributed by atoms with van der Waals surface area (Å²) in [7, 11) is -1.64. The molecule has 0 spiro atoms. The van der Waals surface area contributed by atoms with E-state index in [9.17, 15) is 8.42 Å². The van der Waals surface area contributed by atoms with E-state index in [2.05, 4.69) is 20.3 Å². The van der Waals surface area contributed by atoms with E-state index in [1.54, 1.807) is 21.0 Å². The zero-order chi connectivity index (χ0) is 20.3. The van der Waals surface area contributed by atoms with Crippen LogP contribution in [0.1, 0.15) is 27.2 Å². The monoisotopic (exact) mass is 528 g/mol. The Morgan fingerprint density at radius 2 is 1.96 bits per heavy atom. The Hall–Kier alpha value is -1.11. The molecule has 0 amide bonds. The van der Waals surface area contributed by atoms with Crippen molar-refractivity contribution in [3.63, 3.8) is 0 Å². The first kappa shape index (κ1) is 26.9. The van der Waals surface area contributed by atoms with Gasteiger partial charge in [-0.25, -0.2) is 13.1 Å². The number of hydrogen-bond donors (Lipinski definition) is 3. The van der Waals surface area contributed by atoms with Crippen LogP contribution in [0.2, 0.25) is 0 Å². The number of nitrogens with one attached hydrogen (secondary N) is 3. The van der Waals surface area contributed by atoms with Gasteiger partial charge in [-0.05, 0) is 32.9 Å². The molecule has 0 bridgehead atoms. The van der Waals surface area contributed by atoms with Crippen molar-refractivity contribution in [2.75, 3.05) is 45.0 Å². The lowest BCUT2D eigenvalue weighted by Crippen LogP contribution is -2.46. The van der Waals surface area contributed by atoms with Gasteiger partial charge in [0, 0.05) is 44.0 Å². The molecule has 0 aliphatic heterocycles. The van der Waals surface area contributed by atoms with Crippen LogP contribution >= 0.6 is 24.0 Å². The fraction of sp³-hybridized carbons (Fsp3) is 0.611. The molecule has 0 fully saturated rings. The van der Waals surface area contributed by atoms with Gasteiger partial charge in [0.15, 0.2) is 5.96 Å². The van der Waals surface area contributed by atoms with Gasteiger partial charge in [-0.2, -0.15) is 0 Å². The molecule has 10 heteroatoms. The molecule has 0 aromatic heterocycles. The van der Waals surface area contributed by atoms with Crippen molar-refractivity contribution in [3.8, 4) is 5.75 Å². The van der Waals surface area contributed by atoms with E-state index in [1.165, 1.54) is 0 Å². The van der Waals surface area contributed by atoms with Crippen molar-refractivity contribution >= 4 is 45.6 Å². The lowest BCUT2D eigenvalue weighted by Gasteiger charge is -2.23. The van der Waals surface area contributed by atoms with E-state index in [0.29, 0.717) is 25.7 Å². The highest BCUT2D eigenvalue weighted by Crippen LogP contribution is 2.17. The Morgan fingerprint density at radius 3 is 2.57 bits per heavy atom. The Labute approximate surface area is 185 Å². The summed E-state index contributed by atoms with van der Waals surface area (Å²) in [6.07, 6.45) is 1.96. The Kier molecular flexibility index (Phi) is 12.7. The molecule has 0 unspecified atom stereocenters. The van der Waals surface area contributed by atoms with Gasteiger partial charge in [0.05, 0.1) is 19.4 Å². The molecule has 0 saturated heterocycles. The SMILES string of the molecule is CCNC(=NCC(C)(C)NS(C)(=O)=O)Nc1cccc(OCCCOC)c1.I. The van der Waals surface area contributed by atoms with Crippen molar-refractivity contribution in [1.82, 2.24) is 10.0 Å². The van der Waals surface area contributed by atoms with Crippen LogP contribution in [-0.4, -0.2) is 59.6 Å². The van der Waals surface area contributed by atoms with Crippen LogP contribution in [0.3, 0.4) is 0 Å². The quantitative estimate of drug-likeness (QED) is 0.177. The summed E-state index contributed by atoms with van der Waals surface area (Å²) in [6, 6.07) is 7.59. The summed E-state index contributed by atoms with van der Waals surface area (Å²) in [5, 5.41) is 6.36. The maximum Gasteiger partial charge on any atom is 0.209 e.